The molecule has 0 saturated heterocycles. The van der Waals surface area contributed by atoms with Crippen molar-refractivity contribution in [3.8, 4) is 0 Å². The molecule has 0 aliphatic carbocycles. The Morgan fingerprint density at radius 2 is 2.11 bits per heavy atom. The molecule has 0 fully saturated rings. The molecular weight excluding hydrogens is 240 g/mol. The van der Waals surface area contributed by atoms with Gasteiger partial charge in [0.25, 0.3) is 0 Å². The Hall–Kier alpha value is -2.36. The smallest absolute Gasteiger partial charge is 0.356 e. The number of benzene rings is 1. The topological polar surface area (TPSA) is 55.0 Å². The molecule has 1 aromatic carbocycles. The zero-order valence-electron chi connectivity index (χ0n) is 10.9. The third-order valence-corrected chi connectivity index (χ3v) is 3.30. The van der Waals surface area contributed by atoms with E-state index in [-0.39, 0.29) is 0 Å². The lowest BCUT2D eigenvalue weighted by atomic mass is 10.1. The highest BCUT2D eigenvalue weighted by atomic mass is 16.5. The summed E-state index contributed by atoms with van der Waals surface area (Å²) < 4.78 is 4.76. The number of methoxy groups -OCH3 is 1. The normalized spacial score (nSPS) is 11.1. The molecule has 96 valence electrons. The number of hydrogen-bond acceptors (Lipinski definition) is 3. The fourth-order valence-electron chi connectivity index (χ4n) is 2.38. The van der Waals surface area contributed by atoms with Crippen molar-refractivity contribution < 1.29 is 9.53 Å². The average Bonchev–Trinajstić information content (AvgIpc) is 2.84. The Labute approximate surface area is 110 Å². The molecule has 3 aromatic rings. The molecule has 4 nitrogen and oxygen atoms in total. The summed E-state index contributed by atoms with van der Waals surface area (Å²) in [7, 11) is 1.37. The van der Waals surface area contributed by atoms with Crippen LogP contribution in [0.2, 0.25) is 0 Å². The zero-order chi connectivity index (χ0) is 13.4. The summed E-state index contributed by atoms with van der Waals surface area (Å²) in [6.45, 7) is 2.02. The Balaban J connectivity index is 2.40. The molecular formula is C15H14N2O2. The van der Waals surface area contributed by atoms with E-state index in [9.17, 15) is 4.79 Å². The van der Waals surface area contributed by atoms with E-state index in [1.807, 2.05) is 31.2 Å². The summed E-state index contributed by atoms with van der Waals surface area (Å²) >= 11 is 0. The van der Waals surface area contributed by atoms with Crippen LogP contribution in [0.15, 0.2) is 30.3 Å². The van der Waals surface area contributed by atoms with Gasteiger partial charge in [-0.05, 0) is 18.6 Å². The number of fused-ring (bicyclic) bond motifs is 3. The van der Waals surface area contributed by atoms with Crippen LogP contribution in [0.4, 0.5) is 0 Å². The van der Waals surface area contributed by atoms with Gasteiger partial charge in [0.05, 0.1) is 18.3 Å². The highest BCUT2D eigenvalue weighted by Crippen LogP contribution is 2.27. The molecule has 19 heavy (non-hydrogen) atoms. The second-order valence-electron chi connectivity index (χ2n) is 4.39. The molecule has 0 aliphatic heterocycles. The predicted octanol–water partition coefficient (Wildman–Crippen LogP) is 3.07. The zero-order valence-corrected chi connectivity index (χ0v) is 10.9. The van der Waals surface area contributed by atoms with Crippen LogP contribution in [0, 0.1) is 0 Å². The summed E-state index contributed by atoms with van der Waals surface area (Å²) in [5.41, 5.74) is 3.29. The fourth-order valence-corrected chi connectivity index (χ4v) is 2.38. The molecule has 2 heterocycles. The summed E-state index contributed by atoms with van der Waals surface area (Å²) in [5, 5.41) is 2.11. The first-order chi connectivity index (χ1) is 9.24. The van der Waals surface area contributed by atoms with E-state index in [0.29, 0.717) is 5.69 Å². The molecule has 0 bridgehead atoms. The maximum atomic E-state index is 11.7. The molecule has 0 spiro atoms. The number of H-pyrrole nitrogens is 1. The molecule has 3 rings (SSSR count). The molecule has 0 aliphatic rings. The Bertz CT molecular complexity index is 774. The molecule has 0 saturated carbocycles. The second-order valence-corrected chi connectivity index (χ2v) is 4.39. The highest BCUT2D eigenvalue weighted by molar-refractivity contribution is 6.09. The Kier molecular flexibility index (Phi) is 2.71. The highest BCUT2D eigenvalue weighted by Gasteiger charge is 2.14. The summed E-state index contributed by atoms with van der Waals surface area (Å²) in [6, 6.07) is 9.82. The van der Waals surface area contributed by atoms with E-state index >= 15 is 0 Å². The number of ether oxygens (including phenoxy) is 1. The van der Waals surface area contributed by atoms with Gasteiger partial charge < -0.3 is 9.72 Å². The van der Waals surface area contributed by atoms with Gasteiger partial charge in [0.1, 0.15) is 5.69 Å². The number of carbonyl (C=O) groups excluding carboxylic acids is 1. The van der Waals surface area contributed by atoms with Crippen molar-refractivity contribution in [1.29, 1.82) is 0 Å². The van der Waals surface area contributed by atoms with Crippen molar-refractivity contribution >= 4 is 27.8 Å². The van der Waals surface area contributed by atoms with Crippen molar-refractivity contribution in [2.75, 3.05) is 7.11 Å². The SMILES string of the molecule is CCc1nc(C(=O)OC)cc2c1[nH]c1ccccc12. The lowest BCUT2D eigenvalue weighted by Gasteiger charge is -2.03. The third-order valence-electron chi connectivity index (χ3n) is 3.30. The van der Waals surface area contributed by atoms with Gasteiger partial charge >= 0.3 is 5.97 Å². The Morgan fingerprint density at radius 1 is 1.32 bits per heavy atom. The van der Waals surface area contributed by atoms with E-state index in [1.165, 1.54) is 7.11 Å². The average molecular weight is 254 g/mol. The number of hydrogen-bond donors (Lipinski definition) is 1. The molecule has 2 aromatic heterocycles. The van der Waals surface area contributed by atoms with E-state index in [0.717, 1.165) is 33.9 Å². The van der Waals surface area contributed by atoms with Gasteiger partial charge in [-0.1, -0.05) is 25.1 Å². The van der Waals surface area contributed by atoms with Gasteiger partial charge in [-0.3, -0.25) is 0 Å². The van der Waals surface area contributed by atoms with Crippen LogP contribution in [0.1, 0.15) is 23.1 Å². The monoisotopic (exact) mass is 254 g/mol. The number of aromatic nitrogens is 2. The maximum Gasteiger partial charge on any atom is 0.356 e. The first kappa shape index (κ1) is 11.7. The van der Waals surface area contributed by atoms with E-state index in [1.54, 1.807) is 6.07 Å². The van der Waals surface area contributed by atoms with Crippen molar-refractivity contribution in [1.82, 2.24) is 9.97 Å². The predicted molar refractivity (Wildman–Crippen MR) is 74.3 cm³/mol. The van der Waals surface area contributed by atoms with Crippen molar-refractivity contribution in [3.05, 3.63) is 41.7 Å². The lowest BCUT2D eigenvalue weighted by Crippen LogP contribution is -2.06. The standard InChI is InChI=1S/C15H14N2O2/c1-3-11-14-10(8-13(16-11)15(18)19-2)9-6-4-5-7-12(9)17-14/h4-8,17H,3H2,1-2H3. The molecule has 0 atom stereocenters. The van der Waals surface area contributed by atoms with E-state index in [2.05, 4.69) is 9.97 Å². The van der Waals surface area contributed by atoms with Gasteiger partial charge in [-0.2, -0.15) is 0 Å². The second kappa shape index (κ2) is 4.39. The molecule has 4 heteroatoms. The Morgan fingerprint density at radius 3 is 2.84 bits per heavy atom. The van der Waals surface area contributed by atoms with Gasteiger partial charge in [-0.25, -0.2) is 9.78 Å². The summed E-state index contributed by atoms with van der Waals surface area (Å²) in [4.78, 5) is 19.4. The first-order valence-electron chi connectivity index (χ1n) is 6.23. The van der Waals surface area contributed by atoms with Gasteiger partial charge in [0, 0.05) is 16.3 Å². The van der Waals surface area contributed by atoms with Crippen LogP contribution in [0.25, 0.3) is 21.8 Å². The van der Waals surface area contributed by atoms with Crippen LogP contribution >= 0.6 is 0 Å². The largest absolute Gasteiger partial charge is 0.464 e. The molecule has 0 unspecified atom stereocenters. The molecule has 1 N–H and O–H groups in total. The van der Waals surface area contributed by atoms with Crippen LogP contribution < -0.4 is 0 Å². The minimum absolute atomic E-state index is 0.358. The number of nitrogens with zero attached hydrogens (tertiary/aromatic N) is 1. The number of aryl methyl sites for hydroxylation is 1. The molecule has 0 radical (unpaired) electrons. The summed E-state index contributed by atoms with van der Waals surface area (Å²) in [6.07, 6.45) is 0.758. The van der Waals surface area contributed by atoms with Gasteiger partial charge in [0.15, 0.2) is 0 Å². The number of nitrogens with one attached hydrogen (secondary N) is 1. The quantitative estimate of drug-likeness (QED) is 0.715. The van der Waals surface area contributed by atoms with Crippen molar-refractivity contribution in [3.63, 3.8) is 0 Å². The fraction of sp³-hybridized carbons (Fsp3) is 0.200. The molecule has 0 amide bonds. The van der Waals surface area contributed by atoms with Crippen LogP contribution in [-0.4, -0.2) is 23.0 Å². The first-order valence-corrected chi connectivity index (χ1v) is 6.23. The summed E-state index contributed by atoms with van der Waals surface area (Å²) in [5.74, 6) is -0.401. The number of aromatic amines is 1. The lowest BCUT2D eigenvalue weighted by molar-refractivity contribution is 0.0594. The van der Waals surface area contributed by atoms with Crippen LogP contribution in [0.3, 0.4) is 0 Å². The number of pyridine rings is 1. The van der Waals surface area contributed by atoms with Crippen LogP contribution in [-0.2, 0) is 11.2 Å². The maximum absolute atomic E-state index is 11.7. The number of para-hydroxylation sites is 1. The number of esters is 1. The van der Waals surface area contributed by atoms with Crippen LogP contribution in [0.5, 0.6) is 0 Å². The van der Waals surface area contributed by atoms with Gasteiger partial charge in [0.2, 0.25) is 0 Å². The minimum atomic E-state index is -0.401. The van der Waals surface area contributed by atoms with Gasteiger partial charge in [-0.15, -0.1) is 0 Å². The minimum Gasteiger partial charge on any atom is -0.464 e. The number of rotatable bonds is 2. The van der Waals surface area contributed by atoms with E-state index < -0.39 is 5.97 Å². The van der Waals surface area contributed by atoms with E-state index in [4.69, 9.17) is 4.74 Å². The number of carbonyl (C=O) groups is 1. The van der Waals surface area contributed by atoms with Crippen molar-refractivity contribution in [2.45, 2.75) is 13.3 Å². The third kappa shape index (κ3) is 1.76. The van der Waals surface area contributed by atoms with Crippen molar-refractivity contribution in [2.24, 2.45) is 0 Å².